The zero-order valence-electron chi connectivity index (χ0n) is 17.2. The largest absolute Gasteiger partial charge is 0.378 e. The van der Waals surface area contributed by atoms with Crippen LogP contribution in [0.5, 0.6) is 0 Å². The van der Waals surface area contributed by atoms with E-state index in [2.05, 4.69) is 0 Å². The molecule has 0 spiro atoms. The van der Waals surface area contributed by atoms with Crippen LogP contribution in [0.15, 0.2) is 70.3 Å². The van der Waals surface area contributed by atoms with Crippen LogP contribution in [0, 0.1) is 0 Å². The Morgan fingerprint density at radius 3 is 1.97 bits per heavy atom. The van der Waals surface area contributed by atoms with Crippen molar-refractivity contribution in [3.05, 3.63) is 103 Å². The zero-order chi connectivity index (χ0) is 21.0. The molecule has 0 aliphatic heterocycles. The van der Waals surface area contributed by atoms with Gasteiger partial charge in [0, 0.05) is 33.9 Å². The monoisotopic (exact) mass is 387 g/mol. The Kier molecular flexibility index (Phi) is 5.98. The van der Waals surface area contributed by atoms with Crippen molar-refractivity contribution < 1.29 is 0 Å². The molecule has 0 unspecified atom stereocenters. The molecule has 0 aliphatic rings. The first-order valence-corrected chi connectivity index (χ1v) is 9.37. The lowest BCUT2D eigenvalue weighted by Crippen LogP contribution is -2.56. The molecule has 0 fully saturated rings. The van der Waals surface area contributed by atoms with E-state index in [-0.39, 0.29) is 11.1 Å². The van der Waals surface area contributed by atoms with Gasteiger partial charge in [0.05, 0.1) is 0 Å². The van der Waals surface area contributed by atoms with Crippen LogP contribution in [0.25, 0.3) is 18.2 Å². The molecule has 0 amide bonds. The molecule has 1 aromatic heterocycles. The van der Waals surface area contributed by atoms with Crippen molar-refractivity contribution in [3.8, 4) is 0 Å². The maximum Gasteiger partial charge on any atom is 0.274 e. The maximum absolute atomic E-state index is 12.8. The van der Waals surface area contributed by atoms with Crippen LogP contribution in [0.2, 0.25) is 0 Å². The number of allylic oxidation sites excluding steroid dienone is 1. The van der Waals surface area contributed by atoms with E-state index < -0.39 is 0 Å². The smallest absolute Gasteiger partial charge is 0.274 e. The number of aromatic nitrogens is 2. The number of hydrogen-bond donors (Lipinski definition) is 0. The molecular weight excluding hydrogens is 362 g/mol. The molecule has 0 N–H and O–H groups in total. The second-order valence-corrected chi connectivity index (χ2v) is 7.07. The first kappa shape index (κ1) is 20.1. The molecule has 3 rings (SSSR count). The summed E-state index contributed by atoms with van der Waals surface area (Å²) in [5.74, 6) is 0. The van der Waals surface area contributed by atoms with E-state index in [1.165, 1.54) is 9.13 Å². The van der Waals surface area contributed by atoms with Crippen molar-refractivity contribution in [2.24, 2.45) is 14.1 Å². The SMILES string of the molecule is CN(C)c1ccc(C=CC=c2c(=O)n(C)c(=Cc3ccccc3)c(=O)n2C)cc1. The number of benzene rings is 2. The number of nitrogens with zero attached hydrogens (tertiary/aromatic N) is 3. The first-order valence-electron chi connectivity index (χ1n) is 9.37. The van der Waals surface area contributed by atoms with Gasteiger partial charge in [-0.3, -0.25) is 9.59 Å². The highest BCUT2D eigenvalue weighted by molar-refractivity contribution is 5.60. The minimum atomic E-state index is -0.220. The summed E-state index contributed by atoms with van der Waals surface area (Å²) in [6.45, 7) is 0. The normalized spacial score (nSPS) is 12.7. The molecule has 0 radical (unpaired) electrons. The van der Waals surface area contributed by atoms with Crippen LogP contribution in [0.4, 0.5) is 5.69 Å². The van der Waals surface area contributed by atoms with Gasteiger partial charge in [-0.25, -0.2) is 0 Å². The average molecular weight is 387 g/mol. The number of hydrogen-bond acceptors (Lipinski definition) is 3. The summed E-state index contributed by atoms with van der Waals surface area (Å²) in [5.41, 5.74) is 2.57. The Labute approximate surface area is 169 Å². The molecule has 1 heterocycles. The van der Waals surface area contributed by atoms with Gasteiger partial charge in [0.2, 0.25) is 0 Å². The molecule has 0 atom stereocenters. The highest BCUT2D eigenvalue weighted by Crippen LogP contribution is 2.13. The van der Waals surface area contributed by atoms with Crippen molar-refractivity contribution in [2.75, 3.05) is 19.0 Å². The summed E-state index contributed by atoms with van der Waals surface area (Å²) in [6.07, 6.45) is 7.11. The van der Waals surface area contributed by atoms with Crippen LogP contribution >= 0.6 is 0 Å². The van der Waals surface area contributed by atoms with Crippen LogP contribution in [-0.4, -0.2) is 23.2 Å². The van der Waals surface area contributed by atoms with Gasteiger partial charge in [0.25, 0.3) is 11.1 Å². The van der Waals surface area contributed by atoms with Gasteiger partial charge in [-0.05, 0) is 35.4 Å². The molecule has 5 heteroatoms. The summed E-state index contributed by atoms with van der Waals surface area (Å²) in [6, 6.07) is 17.6. The van der Waals surface area contributed by atoms with Gasteiger partial charge in [0.1, 0.15) is 10.7 Å². The molecule has 2 aromatic carbocycles. The lowest BCUT2D eigenvalue weighted by molar-refractivity contribution is 0.696. The molecule has 29 heavy (non-hydrogen) atoms. The van der Waals surface area contributed by atoms with Gasteiger partial charge < -0.3 is 14.0 Å². The predicted molar refractivity (Wildman–Crippen MR) is 120 cm³/mol. The molecule has 3 aromatic rings. The Morgan fingerprint density at radius 1 is 0.759 bits per heavy atom. The molecule has 0 saturated heterocycles. The van der Waals surface area contributed by atoms with E-state index in [4.69, 9.17) is 0 Å². The van der Waals surface area contributed by atoms with Gasteiger partial charge >= 0.3 is 0 Å². The predicted octanol–water partition coefficient (Wildman–Crippen LogP) is 1.47. The number of rotatable bonds is 4. The third kappa shape index (κ3) is 4.46. The second kappa shape index (κ2) is 8.61. The minimum Gasteiger partial charge on any atom is -0.378 e. The summed E-state index contributed by atoms with van der Waals surface area (Å²) < 4.78 is 2.80. The van der Waals surface area contributed by atoms with Crippen LogP contribution in [-0.2, 0) is 14.1 Å². The Bertz CT molecular complexity index is 1260. The number of anilines is 1. The third-order valence-electron chi connectivity index (χ3n) is 4.83. The molecule has 0 saturated carbocycles. The van der Waals surface area contributed by atoms with E-state index in [0.29, 0.717) is 10.7 Å². The van der Waals surface area contributed by atoms with Gasteiger partial charge in [-0.1, -0.05) is 54.6 Å². The fourth-order valence-electron chi connectivity index (χ4n) is 3.03. The van der Waals surface area contributed by atoms with E-state index in [9.17, 15) is 9.59 Å². The van der Waals surface area contributed by atoms with Crippen LogP contribution < -0.4 is 26.7 Å². The second-order valence-electron chi connectivity index (χ2n) is 7.07. The third-order valence-corrected chi connectivity index (χ3v) is 4.83. The van der Waals surface area contributed by atoms with Crippen LogP contribution in [0.3, 0.4) is 0 Å². The Morgan fingerprint density at radius 2 is 1.34 bits per heavy atom. The minimum absolute atomic E-state index is 0.217. The van der Waals surface area contributed by atoms with Gasteiger partial charge in [0.15, 0.2) is 0 Å². The fraction of sp³-hybridized carbons (Fsp3) is 0.167. The summed E-state index contributed by atoms with van der Waals surface area (Å²) >= 11 is 0. The summed E-state index contributed by atoms with van der Waals surface area (Å²) in [7, 11) is 7.23. The molecule has 5 nitrogen and oxygen atoms in total. The topological polar surface area (TPSA) is 47.2 Å². The molecule has 0 bridgehead atoms. The summed E-state index contributed by atoms with van der Waals surface area (Å²) in [5, 5.41) is 0.688. The fourth-order valence-corrected chi connectivity index (χ4v) is 3.03. The van der Waals surface area contributed by atoms with Crippen molar-refractivity contribution in [2.45, 2.75) is 0 Å². The quantitative estimate of drug-likeness (QED) is 0.681. The summed E-state index contributed by atoms with van der Waals surface area (Å²) in [4.78, 5) is 27.7. The molecule has 148 valence electrons. The highest BCUT2D eigenvalue weighted by atomic mass is 16.1. The maximum atomic E-state index is 12.8. The lowest BCUT2D eigenvalue weighted by Gasteiger charge is -2.11. The molecule has 0 aliphatic carbocycles. The van der Waals surface area contributed by atoms with Gasteiger partial charge in [-0.2, -0.15) is 0 Å². The van der Waals surface area contributed by atoms with Crippen molar-refractivity contribution in [1.82, 2.24) is 9.13 Å². The lowest BCUT2D eigenvalue weighted by atomic mass is 10.2. The first-order chi connectivity index (χ1) is 13.9. The van der Waals surface area contributed by atoms with Crippen molar-refractivity contribution in [1.29, 1.82) is 0 Å². The van der Waals surface area contributed by atoms with E-state index >= 15 is 0 Å². The van der Waals surface area contributed by atoms with E-state index in [1.807, 2.05) is 79.7 Å². The highest BCUT2D eigenvalue weighted by Gasteiger charge is 2.04. The van der Waals surface area contributed by atoms with E-state index in [1.54, 1.807) is 32.3 Å². The van der Waals surface area contributed by atoms with Crippen LogP contribution in [0.1, 0.15) is 11.1 Å². The van der Waals surface area contributed by atoms with Crippen molar-refractivity contribution in [3.63, 3.8) is 0 Å². The average Bonchev–Trinajstić information content (AvgIpc) is 2.73. The zero-order valence-corrected chi connectivity index (χ0v) is 17.2. The van der Waals surface area contributed by atoms with E-state index in [0.717, 1.165) is 16.8 Å². The Hall–Kier alpha value is -3.60. The molecular formula is C24H25N3O2. The van der Waals surface area contributed by atoms with Gasteiger partial charge in [-0.15, -0.1) is 0 Å². The van der Waals surface area contributed by atoms with Crippen molar-refractivity contribution >= 4 is 23.9 Å². The Balaban J connectivity index is 2.04. The standard InChI is InChI=1S/C24H25N3O2/c1-25(2)20-15-13-18(14-16-20)11-8-12-21-23(28)27(4)22(24(29)26(21)3)17-19-9-6-5-7-10-19/h5-17H,1-4H3.